The van der Waals surface area contributed by atoms with Gasteiger partial charge in [0.05, 0.1) is 0 Å². The molecule has 0 spiro atoms. The summed E-state index contributed by atoms with van der Waals surface area (Å²) in [5.74, 6) is 4.64. The molecule has 0 aromatic carbocycles. The fourth-order valence-electron chi connectivity index (χ4n) is 1.21. The molecule has 0 aliphatic carbocycles. The maximum absolute atomic E-state index is 10.6. The van der Waals surface area contributed by atoms with E-state index >= 15 is 0 Å². The van der Waals surface area contributed by atoms with Gasteiger partial charge >= 0.3 is 5.97 Å². The Balaban J connectivity index is 2.75. The Labute approximate surface area is 59.6 Å². The van der Waals surface area contributed by atoms with Crippen molar-refractivity contribution < 1.29 is 9.90 Å². The van der Waals surface area contributed by atoms with Crippen molar-refractivity contribution in [3.8, 4) is 0 Å². The van der Waals surface area contributed by atoms with Gasteiger partial charge in [-0.1, -0.05) is 0 Å². The summed E-state index contributed by atoms with van der Waals surface area (Å²) in [6.45, 7) is 2.34. The molecule has 0 saturated carbocycles. The van der Waals surface area contributed by atoms with Crippen LogP contribution in [0.3, 0.4) is 0 Å². The normalized spacial score (nSPS) is 34.6. The van der Waals surface area contributed by atoms with Gasteiger partial charge in [0.25, 0.3) is 0 Å². The maximum Gasteiger partial charge on any atom is 0.325 e. The third kappa shape index (κ3) is 0.892. The minimum absolute atomic E-state index is 0.652. The lowest BCUT2D eigenvalue weighted by molar-refractivity contribution is -0.148. The maximum atomic E-state index is 10.6. The Morgan fingerprint density at radius 3 is 2.60 bits per heavy atom. The molecule has 1 atom stereocenters. The summed E-state index contributed by atoms with van der Waals surface area (Å²) in [5, 5.41) is 10.1. The minimum Gasteiger partial charge on any atom is -0.480 e. The van der Waals surface area contributed by atoms with E-state index in [0.717, 1.165) is 6.42 Å². The molecule has 0 amide bonds. The van der Waals surface area contributed by atoms with Crippen LogP contribution in [0.25, 0.3) is 0 Å². The van der Waals surface area contributed by atoms with E-state index in [1.165, 1.54) is 5.01 Å². The number of carbonyl (C=O) groups is 1. The van der Waals surface area contributed by atoms with Crippen LogP contribution in [0.5, 0.6) is 0 Å². The van der Waals surface area contributed by atoms with E-state index in [4.69, 9.17) is 10.9 Å². The molecule has 4 nitrogen and oxygen atoms in total. The fourth-order valence-corrected chi connectivity index (χ4v) is 1.21. The highest BCUT2D eigenvalue weighted by Gasteiger charge is 2.41. The number of aliphatic carboxylic acids is 1. The topological polar surface area (TPSA) is 66.6 Å². The number of hydrazine groups is 1. The van der Waals surface area contributed by atoms with E-state index in [9.17, 15) is 4.79 Å². The Kier molecular flexibility index (Phi) is 1.66. The molecular formula is C6H12N2O2. The molecule has 58 valence electrons. The molecule has 1 rings (SSSR count). The third-order valence-corrected chi connectivity index (χ3v) is 2.16. The summed E-state index contributed by atoms with van der Waals surface area (Å²) in [6, 6.07) is 0. The molecular weight excluding hydrogens is 132 g/mol. The molecule has 0 bridgehead atoms. The zero-order valence-electron chi connectivity index (χ0n) is 6.00. The predicted octanol–water partition coefficient (Wildman–Crippen LogP) is -0.201. The first-order chi connectivity index (χ1) is 4.57. The average Bonchev–Trinajstić information content (AvgIpc) is 2.15. The van der Waals surface area contributed by atoms with Crippen molar-refractivity contribution in [2.45, 2.75) is 25.3 Å². The number of rotatable bonds is 1. The van der Waals surface area contributed by atoms with E-state index in [1.807, 2.05) is 0 Å². The van der Waals surface area contributed by atoms with Crippen molar-refractivity contribution in [2.24, 2.45) is 5.84 Å². The number of hydrogen-bond acceptors (Lipinski definition) is 3. The lowest BCUT2D eigenvalue weighted by Gasteiger charge is -2.26. The van der Waals surface area contributed by atoms with Crippen molar-refractivity contribution >= 4 is 5.97 Å². The lowest BCUT2D eigenvalue weighted by Crippen LogP contribution is -2.51. The number of carboxylic acid groups (broad SMARTS) is 1. The molecule has 1 saturated heterocycles. The quantitative estimate of drug-likeness (QED) is 0.500. The molecule has 4 heteroatoms. The monoisotopic (exact) mass is 144 g/mol. The first-order valence-electron chi connectivity index (χ1n) is 3.33. The molecule has 0 aromatic heterocycles. The SMILES string of the molecule is C[C@]1(C(=O)O)CCCN1N. The summed E-state index contributed by atoms with van der Waals surface area (Å²) in [7, 11) is 0. The summed E-state index contributed by atoms with van der Waals surface area (Å²) in [4.78, 5) is 10.6. The smallest absolute Gasteiger partial charge is 0.325 e. The second kappa shape index (κ2) is 2.21. The minimum atomic E-state index is -0.826. The van der Waals surface area contributed by atoms with Gasteiger partial charge in [-0.3, -0.25) is 10.6 Å². The first-order valence-corrected chi connectivity index (χ1v) is 3.33. The van der Waals surface area contributed by atoms with Crippen LogP contribution in [0.15, 0.2) is 0 Å². The van der Waals surface area contributed by atoms with Crippen LogP contribution in [-0.4, -0.2) is 28.2 Å². The van der Waals surface area contributed by atoms with E-state index in [0.29, 0.717) is 13.0 Å². The molecule has 0 unspecified atom stereocenters. The highest BCUT2D eigenvalue weighted by atomic mass is 16.4. The zero-order valence-corrected chi connectivity index (χ0v) is 6.00. The van der Waals surface area contributed by atoms with Crippen molar-refractivity contribution in [2.75, 3.05) is 6.54 Å². The molecule has 0 aromatic rings. The highest BCUT2D eigenvalue weighted by molar-refractivity contribution is 5.78. The second-order valence-corrected chi connectivity index (χ2v) is 2.88. The number of carboxylic acids is 1. The van der Waals surface area contributed by atoms with Crippen molar-refractivity contribution in [1.29, 1.82) is 0 Å². The highest BCUT2D eigenvalue weighted by Crippen LogP contribution is 2.25. The summed E-state index contributed by atoms with van der Waals surface area (Å²) in [5.41, 5.74) is -0.819. The summed E-state index contributed by atoms with van der Waals surface area (Å²) < 4.78 is 0. The van der Waals surface area contributed by atoms with Gasteiger partial charge in [-0.15, -0.1) is 0 Å². The van der Waals surface area contributed by atoms with Crippen LogP contribution in [0, 0.1) is 0 Å². The lowest BCUT2D eigenvalue weighted by atomic mass is 10.0. The average molecular weight is 144 g/mol. The number of nitrogens with two attached hydrogens (primary N) is 1. The predicted molar refractivity (Wildman–Crippen MR) is 36.2 cm³/mol. The molecule has 1 aliphatic heterocycles. The molecule has 3 N–H and O–H groups in total. The van der Waals surface area contributed by atoms with Gasteiger partial charge in [-0.05, 0) is 19.8 Å². The van der Waals surface area contributed by atoms with Crippen LogP contribution < -0.4 is 5.84 Å². The van der Waals surface area contributed by atoms with Gasteiger partial charge < -0.3 is 5.11 Å². The number of hydrogen-bond donors (Lipinski definition) is 2. The van der Waals surface area contributed by atoms with Crippen molar-refractivity contribution in [3.63, 3.8) is 0 Å². The summed E-state index contributed by atoms with van der Waals surface area (Å²) in [6.07, 6.45) is 1.53. The standard InChI is InChI=1S/C6H12N2O2/c1-6(5(9)10)3-2-4-8(6)7/h2-4,7H2,1H3,(H,9,10)/t6-/m1/s1. The van der Waals surface area contributed by atoms with Gasteiger partial charge in [0, 0.05) is 6.54 Å². The van der Waals surface area contributed by atoms with E-state index in [-0.39, 0.29) is 0 Å². The third-order valence-electron chi connectivity index (χ3n) is 2.16. The Hall–Kier alpha value is -0.610. The van der Waals surface area contributed by atoms with Crippen LogP contribution in [0.2, 0.25) is 0 Å². The first kappa shape index (κ1) is 7.50. The molecule has 1 aliphatic rings. The van der Waals surface area contributed by atoms with E-state index in [1.54, 1.807) is 6.92 Å². The van der Waals surface area contributed by atoms with Crippen molar-refractivity contribution in [3.05, 3.63) is 0 Å². The van der Waals surface area contributed by atoms with Crippen molar-refractivity contribution in [1.82, 2.24) is 5.01 Å². The van der Waals surface area contributed by atoms with Gasteiger partial charge in [0.15, 0.2) is 0 Å². The Morgan fingerprint density at radius 1 is 1.80 bits per heavy atom. The zero-order chi connectivity index (χ0) is 7.78. The Bertz CT molecular complexity index is 160. The second-order valence-electron chi connectivity index (χ2n) is 2.88. The van der Waals surface area contributed by atoms with Crippen LogP contribution in [-0.2, 0) is 4.79 Å². The van der Waals surface area contributed by atoms with Gasteiger partial charge in [-0.25, -0.2) is 5.01 Å². The number of nitrogens with zero attached hydrogens (tertiary/aromatic N) is 1. The van der Waals surface area contributed by atoms with Crippen LogP contribution in [0.4, 0.5) is 0 Å². The van der Waals surface area contributed by atoms with Crippen LogP contribution >= 0.6 is 0 Å². The molecule has 1 fully saturated rings. The van der Waals surface area contributed by atoms with E-state index < -0.39 is 11.5 Å². The fraction of sp³-hybridized carbons (Fsp3) is 0.833. The molecule has 10 heavy (non-hydrogen) atoms. The summed E-state index contributed by atoms with van der Waals surface area (Å²) >= 11 is 0. The van der Waals surface area contributed by atoms with Gasteiger partial charge in [0.1, 0.15) is 5.54 Å². The van der Waals surface area contributed by atoms with E-state index in [2.05, 4.69) is 0 Å². The van der Waals surface area contributed by atoms with Crippen LogP contribution in [0.1, 0.15) is 19.8 Å². The molecule has 0 radical (unpaired) electrons. The van der Waals surface area contributed by atoms with Gasteiger partial charge in [0.2, 0.25) is 0 Å². The Morgan fingerprint density at radius 2 is 2.40 bits per heavy atom. The largest absolute Gasteiger partial charge is 0.480 e. The van der Waals surface area contributed by atoms with Gasteiger partial charge in [-0.2, -0.15) is 0 Å². The molecule has 1 heterocycles.